The van der Waals surface area contributed by atoms with Crippen LogP contribution < -0.4 is 31.8 Å². The van der Waals surface area contributed by atoms with Crippen LogP contribution >= 0.6 is 34.7 Å². The van der Waals surface area contributed by atoms with Gasteiger partial charge in [-0.05, 0) is 82.2 Å². The summed E-state index contributed by atoms with van der Waals surface area (Å²) in [6.45, 7) is 0. The summed E-state index contributed by atoms with van der Waals surface area (Å²) in [5.74, 6) is 0. The van der Waals surface area contributed by atoms with E-state index in [1.807, 2.05) is 0 Å². The Bertz CT molecular complexity index is 2040. The van der Waals surface area contributed by atoms with E-state index in [9.17, 15) is 0 Å². The molecule has 0 saturated heterocycles. The van der Waals surface area contributed by atoms with Crippen LogP contribution in [0.5, 0.6) is 0 Å². The van der Waals surface area contributed by atoms with E-state index in [1.165, 1.54) is 64.5 Å². The second-order valence-corrected chi connectivity index (χ2v) is 19.8. The Morgan fingerprint density at radius 1 is 0.306 bits per heavy atom. The van der Waals surface area contributed by atoms with Gasteiger partial charge in [-0.25, -0.2) is 0 Å². The average Bonchev–Trinajstić information content (AvgIpc) is 3.17. The standard InChI is InChI=1S/C44H32P2.2ClH.Pt/c1-5-19-35(20-6-1)45(36-21-7-2-8-22-36)41-31-29-33-17-13-15-27-39(33)43(41)44-40-28-16-14-18-34(40)30-32-42(44)46(37-23-9-3-10-24-37)38-25-11-4-12-26-38;;;/h1-32H;2*1H;/q;;;+2. The zero-order valence-electron chi connectivity index (χ0n) is 26.5. The van der Waals surface area contributed by atoms with Gasteiger partial charge in [0.2, 0.25) is 0 Å². The van der Waals surface area contributed by atoms with Crippen molar-refractivity contribution in [3.8, 4) is 11.1 Å². The predicted molar refractivity (Wildman–Crippen MR) is 219 cm³/mol. The van der Waals surface area contributed by atoms with Crippen molar-refractivity contribution in [3.05, 3.63) is 194 Å². The fourth-order valence-electron chi connectivity index (χ4n) is 6.87. The number of hydrogen-bond donors (Lipinski definition) is 0. The SMILES string of the molecule is [Cl][Pt][Cl].c1ccc([PH+](c2ccccc2)c2ccc3ccccc3c2-c2c([PH+](c3ccccc3)c3ccccc3)ccc3ccccc23)cc1. The molecule has 0 atom stereocenters. The third kappa shape index (κ3) is 7.33. The van der Waals surface area contributed by atoms with Crippen molar-refractivity contribution < 1.29 is 16.5 Å². The van der Waals surface area contributed by atoms with E-state index < -0.39 is 32.3 Å². The first-order valence-electron chi connectivity index (χ1n) is 16.1. The van der Waals surface area contributed by atoms with E-state index in [2.05, 4.69) is 194 Å². The number of fused-ring (bicyclic) bond motifs is 2. The van der Waals surface area contributed by atoms with Gasteiger partial charge in [0.1, 0.15) is 31.8 Å². The molecule has 0 aliphatic rings. The van der Waals surface area contributed by atoms with Crippen molar-refractivity contribution in [2.24, 2.45) is 0 Å². The molecule has 8 aromatic carbocycles. The normalized spacial score (nSPS) is 11.2. The zero-order valence-corrected chi connectivity index (χ0v) is 32.3. The average molecular weight is 891 g/mol. The van der Waals surface area contributed by atoms with Crippen molar-refractivity contribution in [1.82, 2.24) is 0 Å². The third-order valence-electron chi connectivity index (χ3n) is 8.90. The van der Waals surface area contributed by atoms with Crippen molar-refractivity contribution in [1.29, 1.82) is 0 Å². The molecule has 242 valence electrons. The maximum Gasteiger partial charge on any atom is 0.111 e. The summed E-state index contributed by atoms with van der Waals surface area (Å²) in [5.41, 5.74) is 2.75. The van der Waals surface area contributed by atoms with Gasteiger partial charge < -0.3 is 0 Å². The predicted octanol–water partition coefficient (Wildman–Crippen LogP) is 10.0. The molecule has 0 nitrogen and oxygen atoms in total. The smallest absolute Gasteiger partial charge is 0.0620 e. The van der Waals surface area contributed by atoms with Gasteiger partial charge in [-0.3, -0.25) is 0 Å². The molecule has 0 amide bonds. The number of hydrogen-bond acceptors (Lipinski definition) is 0. The molecule has 0 aliphatic heterocycles. The molecule has 0 bridgehead atoms. The van der Waals surface area contributed by atoms with Crippen LogP contribution in [0.3, 0.4) is 0 Å². The minimum absolute atomic E-state index is 0.472. The fourth-order valence-corrected chi connectivity index (χ4v) is 12.4. The summed E-state index contributed by atoms with van der Waals surface area (Å²) in [4.78, 5) is 0. The van der Waals surface area contributed by atoms with Gasteiger partial charge in [-0.1, -0.05) is 133 Å². The van der Waals surface area contributed by atoms with Gasteiger partial charge in [0.25, 0.3) is 0 Å². The van der Waals surface area contributed by atoms with Crippen LogP contribution in [-0.4, -0.2) is 0 Å². The van der Waals surface area contributed by atoms with Crippen LogP contribution in [0, 0.1) is 0 Å². The Morgan fingerprint density at radius 2 is 0.571 bits per heavy atom. The third-order valence-corrected chi connectivity index (χ3v) is 14.4. The zero-order chi connectivity index (χ0) is 33.4. The van der Waals surface area contributed by atoms with Crippen molar-refractivity contribution in [2.45, 2.75) is 0 Å². The second-order valence-electron chi connectivity index (χ2n) is 11.7. The molecular formula is C44H34Cl2P2Pt+2. The minimum Gasteiger partial charge on any atom is -0.0620 e. The fraction of sp³-hybridized carbons (Fsp3) is 0. The van der Waals surface area contributed by atoms with Crippen molar-refractivity contribution >= 4 is 88.1 Å². The molecule has 0 radical (unpaired) electrons. The van der Waals surface area contributed by atoms with E-state index >= 15 is 0 Å². The maximum absolute atomic E-state index is 4.88. The van der Waals surface area contributed by atoms with Gasteiger partial charge >= 0.3 is 35.3 Å². The molecule has 0 N–H and O–H groups in total. The van der Waals surface area contributed by atoms with Crippen LogP contribution in [0.15, 0.2) is 194 Å². The molecule has 0 aromatic heterocycles. The largest absolute Gasteiger partial charge is 0.111 e. The first-order chi connectivity index (χ1) is 24.3. The molecule has 0 unspecified atom stereocenters. The van der Waals surface area contributed by atoms with E-state index in [1.54, 1.807) is 0 Å². The molecular weight excluding hydrogens is 856 g/mol. The Balaban J connectivity index is 0.00000122. The monoisotopic (exact) mass is 889 g/mol. The summed E-state index contributed by atoms with van der Waals surface area (Å²) in [5, 5.41) is 13.6. The van der Waals surface area contributed by atoms with Crippen LogP contribution in [0.4, 0.5) is 0 Å². The molecule has 0 heterocycles. The van der Waals surface area contributed by atoms with Gasteiger partial charge in [-0.15, -0.1) is 0 Å². The molecule has 0 saturated carbocycles. The summed E-state index contributed by atoms with van der Waals surface area (Å²) in [6, 6.07) is 72.2. The summed E-state index contributed by atoms with van der Waals surface area (Å²) in [7, 11) is 7.01. The maximum atomic E-state index is 4.88. The van der Waals surface area contributed by atoms with Crippen molar-refractivity contribution in [2.75, 3.05) is 0 Å². The Hall–Kier alpha value is -3.59. The van der Waals surface area contributed by atoms with E-state index in [0.29, 0.717) is 0 Å². The molecule has 0 spiro atoms. The Kier molecular flexibility index (Phi) is 11.3. The summed E-state index contributed by atoms with van der Waals surface area (Å²) < 4.78 is 0. The topological polar surface area (TPSA) is 0 Å². The van der Waals surface area contributed by atoms with Crippen LogP contribution in [0.2, 0.25) is 0 Å². The molecule has 5 heteroatoms. The van der Waals surface area contributed by atoms with Gasteiger partial charge in [0.05, 0.1) is 15.8 Å². The number of rotatable bonds is 7. The number of benzene rings is 8. The first kappa shape index (κ1) is 33.9. The summed E-state index contributed by atoms with van der Waals surface area (Å²) in [6.07, 6.45) is 0. The van der Waals surface area contributed by atoms with Crippen LogP contribution in [-0.2, 0) is 16.5 Å². The Labute approximate surface area is 307 Å². The first-order valence-corrected chi connectivity index (χ1v) is 24.7. The van der Waals surface area contributed by atoms with E-state index in [-0.39, 0.29) is 0 Å². The molecule has 0 fully saturated rings. The summed E-state index contributed by atoms with van der Waals surface area (Å²) >= 11 is -0.472. The van der Waals surface area contributed by atoms with Crippen LogP contribution in [0.25, 0.3) is 32.7 Å². The van der Waals surface area contributed by atoms with Gasteiger partial charge in [-0.2, -0.15) is 0 Å². The molecule has 8 aromatic rings. The second kappa shape index (κ2) is 16.4. The van der Waals surface area contributed by atoms with Gasteiger partial charge in [0.15, 0.2) is 0 Å². The van der Waals surface area contributed by atoms with Gasteiger partial charge in [0, 0.05) is 11.1 Å². The van der Waals surface area contributed by atoms with E-state index in [0.717, 1.165) is 0 Å². The quantitative estimate of drug-likeness (QED) is 0.140. The molecule has 49 heavy (non-hydrogen) atoms. The Morgan fingerprint density at radius 3 is 0.878 bits per heavy atom. The molecule has 8 rings (SSSR count). The number of halogens is 2. The van der Waals surface area contributed by atoms with Crippen LogP contribution in [0.1, 0.15) is 0 Å². The minimum atomic E-state index is -1.37. The van der Waals surface area contributed by atoms with E-state index in [4.69, 9.17) is 18.8 Å². The molecule has 0 aliphatic carbocycles. The van der Waals surface area contributed by atoms with Crippen molar-refractivity contribution in [3.63, 3.8) is 0 Å².